The molecule has 0 fully saturated rings. The molecule has 4 rings (SSSR count). The molecule has 0 saturated heterocycles. The van der Waals surface area contributed by atoms with Crippen LogP contribution in [0.25, 0.3) is 33.5 Å². The molecule has 0 aliphatic carbocycles. The number of hydrogen-bond acceptors (Lipinski definition) is 2. The standard InChI is InChI=1S/C25H22N2/c1-27(2)21-16-17-26-24(18-21)23-15-9-14-22(19-10-5-3-6-11-19)25(23)20-12-7-4-8-13-20/h3-18H,1-2H3. The summed E-state index contributed by atoms with van der Waals surface area (Å²) < 4.78 is 0. The Bertz CT molecular complexity index is 1040. The fourth-order valence-electron chi connectivity index (χ4n) is 3.38. The fraction of sp³-hybridized carbons (Fsp3) is 0.0800. The third-order valence-electron chi connectivity index (χ3n) is 4.75. The van der Waals surface area contributed by atoms with Crippen LogP contribution in [0, 0.1) is 0 Å². The zero-order chi connectivity index (χ0) is 18.6. The van der Waals surface area contributed by atoms with Crippen LogP contribution in [0.5, 0.6) is 0 Å². The Morgan fingerprint density at radius 2 is 1.26 bits per heavy atom. The maximum atomic E-state index is 4.69. The minimum Gasteiger partial charge on any atom is -0.378 e. The molecule has 0 N–H and O–H groups in total. The van der Waals surface area contributed by atoms with Crippen molar-refractivity contribution in [3.63, 3.8) is 0 Å². The molecule has 0 radical (unpaired) electrons. The second kappa shape index (κ2) is 7.46. The molecule has 0 atom stereocenters. The average molecular weight is 350 g/mol. The van der Waals surface area contributed by atoms with Gasteiger partial charge in [-0.1, -0.05) is 78.9 Å². The van der Waals surface area contributed by atoms with Gasteiger partial charge in [-0.3, -0.25) is 4.98 Å². The van der Waals surface area contributed by atoms with E-state index in [9.17, 15) is 0 Å². The van der Waals surface area contributed by atoms with Crippen molar-refractivity contribution >= 4 is 5.69 Å². The molecule has 0 aliphatic rings. The van der Waals surface area contributed by atoms with Gasteiger partial charge in [0.05, 0.1) is 5.69 Å². The number of nitrogens with zero attached hydrogens (tertiary/aromatic N) is 2. The Morgan fingerprint density at radius 1 is 0.630 bits per heavy atom. The molecule has 0 aliphatic heterocycles. The molecule has 1 heterocycles. The summed E-state index contributed by atoms with van der Waals surface area (Å²) in [5.74, 6) is 0. The minimum atomic E-state index is 0.984. The second-order valence-electron chi connectivity index (χ2n) is 6.75. The van der Waals surface area contributed by atoms with Gasteiger partial charge in [0.2, 0.25) is 0 Å². The smallest absolute Gasteiger partial charge is 0.0729 e. The molecule has 4 aromatic rings. The minimum absolute atomic E-state index is 0.984. The van der Waals surface area contributed by atoms with Gasteiger partial charge >= 0.3 is 0 Å². The molecule has 0 bridgehead atoms. The summed E-state index contributed by atoms with van der Waals surface area (Å²) >= 11 is 0. The van der Waals surface area contributed by atoms with Crippen LogP contribution in [0.2, 0.25) is 0 Å². The van der Waals surface area contributed by atoms with Crippen LogP contribution < -0.4 is 4.90 Å². The number of rotatable bonds is 4. The highest BCUT2D eigenvalue weighted by atomic mass is 15.1. The Morgan fingerprint density at radius 3 is 1.93 bits per heavy atom. The Balaban J connectivity index is 1.99. The fourth-order valence-corrected chi connectivity index (χ4v) is 3.38. The van der Waals surface area contributed by atoms with Crippen molar-refractivity contribution in [3.8, 4) is 33.5 Å². The van der Waals surface area contributed by atoms with Gasteiger partial charge in [-0.2, -0.15) is 0 Å². The molecular weight excluding hydrogens is 328 g/mol. The van der Waals surface area contributed by atoms with Crippen LogP contribution in [0.4, 0.5) is 5.69 Å². The molecule has 2 heteroatoms. The SMILES string of the molecule is CN(C)c1ccnc(-c2cccc(-c3ccccc3)c2-c2ccccc2)c1. The molecule has 0 saturated carbocycles. The number of anilines is 1. The predicted molar refractivity (Wildman–Crippen MR) is 115 cm³/mol. The lowest BCUT2D eigenvalue weighted by atomic mass is 9.89. The first kappa shape index (κ1) is 17.0. The number of pyridine rings is 1. The van der Waals surface area contributed by atoms with Gasteiger partial charge in [-0.15, -0.1) is 0 Å². The van der Waals surface area contributed by atoms with E-state index >= 15 is 0 Å². The maximum Gasteiger partial charge on any atom is 0.0729 e. The second-order valence-corrected chi connectivity index (χ2v) is 6.75. The van der Waals surface area contributed by atoms with E-state index in [-0.39, 0.29) is 0 Å². The van der Waals surface area contributed by atoms with E-state index in [0.717, 1.165) is 16.9 Å². The third-order valence-corrected chi connectivity index (χ3v) is 4.75. The van der Waals surface area contributed by atoms with Crippen molar-refractivity contribution in [2.24, 2.45) is 0 Å². The Kier molecular flexibility index (Phi) is 4.71. The maximum absolute atomic E-state index is 4.69. The van der Waals surface area contributed by atoms with Crippen molar-refractivity contribution in [3.05, 3.63) is 97.2 Å². The lowest BCUT2D eigenvalue weighted by Crippen LogP contribution is -2.08. The zero-order valence-corrected chi connectivity index (χ0v) is 15.6. The highest BCUT2D eigenvalue weighted by Gasteiger charge is 2.15. The zero-order valence-electron chi connectivity index (χ0n) is 15.6. The first-order valence-corrected chi connectivity index (χ1v) is 9.11. The van der Waals surface area contributed by atoms with E-state index in [1.54, 1.807) is 0 Å². The molecule has 1 aromatic heterocycles. The van der Waals surface area contributed by atoms with Crippen LogP contribution in [-0.2, 0) is 0 Å². The molecule has 2 nitrogen and oxygen atoms in total. The van der Waals surface area contributed by atoms with Crippen molar-refractivity contribution < 1.29 is 0 Å². The van der Waals surface area contributed by atoms with E-state index in [4.69, 9.17) is 0 Å². The van der Waals surface area contributed by atoms with Gasteiger partial charge in [-0.05, 0) is 34.4 Å². The van der Waals surface area contributed by atoms with Crippen molar-refractivity contribution in [2.45, 2.75) is 0 Å². The van der Waals surface area contributed by atoms with E-state index < -0.39 is 0 Å². The molecule has 0 spiro atoms. The molecule has 0 unspecified atom stereocenters. The van der Waals surface area contributed by atoms with Crippen molar-refractivity contribution in [1.82, 2.24) is 4.98 Å². The highest BCUT2D eigenvalue weighted by molar-refractivity contribution is 5.94. The molecule has 27 heavy (non-hydrogen) atoms. The number of benzene rings is 3. The van der Waals surface area contributed by atoms with Gasteiger partial charge in [0.25, 0.3) is 0 Å². The van der Waals surface area contributed by atoms with E-state index in [1.807, 2.05) is 12.3 Å². The lowest BCUT2D eigenvalue weighted by molar-refractivity contribution is 1.12. The average Bonchev–Trinajstić information content (AvgIpc) is 2.74. The van der Waals surface area contributed by atoms with Gasteiger partial charge in [-0.25, -0.2) is 0 Å². The van der Waals surface area contributed by atoms with Crippen LogP contribution >= 0.6 is 0 Å². The first-order chi connectivity index (χ1) is 13.2. The van der Waals surface area contributed by atoms with Crippen molar-refractivity contribution in [2.75, 3.05) is 19.0 Å². The van der Waals surface area contributed by atoms with Crippen LogP contribution in [0.15, 0.2) is 97.2 Å². The predicted octanol–water partition coefficient (Wildman–Crippen LogP) is 6.15. The number of hydrogen-bond donors (Lipinski definition) is 0. The first-order valence-electron chi connectivity index (χ1n) is 9.11. The van der Waals surface area contributed by atoms with Crippen LogP contribution in [0.1, 0.15) is 0 Å². The van der Waals surface area contributed by atoms with Crippen LogP contribution in [-0.4, -0.2) is 19.1 Å². The van der Waals surface area contributed by atoms with Gasteiger partial charge in [0, 0.05) is 31.5 Å². The monoisotopic (exact) mass is 350 g/mol. The van der Waals surface area contributed by atoms with E-state index in [2.05, 4.69) is 109 Å². The molecular formula is C25H22N2. The van der Waals surface area contributed by atoms with Crippen molar-refractivity contribution in [1.29, 1.82) is 0 Å². The normalized spacial score (nSPS) is 10.6. The summed E-state index contributed by atoms with van der Waals surface area (Å²) in [6.07, 6.45) is 1.88. The molecule has 132 valence electrons. The third kappa shape index (κ3) is 3.47. The van der Waals surface area contributed by atoms with Crippen LogP contribution in [0.3, 0.4) is 0 Å². The largest absolute Gasteiger partial charge is 0.378 e. The molecule has 0 amide bonds. The van der Waals surface area contributed by atoms with Gasteiger partial charge < -0.3 is 4.90 Å². The molecule has 3 aromatic carbocycles. The van der Waals surface area contributed by atoms with Gasteiger partial charge in [0.1, 0.15) is 0 Å². The van der Waals surface area contributed by atoms with Gasteiger partial charge in [0.15, 0.2) is 0 Å². The summed E-state index contributed by atoms with van der Waals surface area (Å²) in [5, 5.41) is 0. The van der Waals surface area contributed by atoms with E-state index in [0.29, 0.717) is 0 Å². The van der Waals surface area contributed by atoms with E-state index in [1.165, 1.54) is 22.3 Å². The summed E-state index contributed by atoms with van der Waals surface area (Å²) in [7, 11) is 4.11. The topological polar surface area (TPSA) is 16.1 Å². The summed E-state index contributed by atoms with van der Waals surface area (Å²) in [4.78, 5) is 6.79. The number of aromatic nitrogens is 1. The quantitative estimate of drug-likeness (QED) is 0.439. The summed E-state index contributed by atoms with van der Waals surface area (Å²) in [6, 6.07) is 31.8. The Labute approximate surface area is 160 Å². The summed E-state index contributed by atoms with van der Waals surface area (Å²) in [6.45, 7) is 0. The Hall–Kier alpha value is -3.39. The highest BCUT2D eigenvalue weighted by Crippen LogP contribution is 2.39. The summed E-state index contributed by atoms with van der Waals surface area (Å²) in [5.41, 5.74) is 8.11. The lowest BCUT2D eigenvalue weighted by Gasteiger charge is -2.17.